The smallest absolute Gasteiger partial charge is 0.163 e. The third-order valence-corrected chi connectivity index (χ3v) is 5.00. The highest BCUT2D eigenvalue weighted by atomic mass is 16.5. The molecule has 31 heavy (non-hydrogen) atoms. The highest BCUT2D eigenvalue weighted by Crippen LogP contribution is 2.26. The summed E-state index contributed by atoms with van der Waals surface area (Å²) >= 11 is 0. The second-order valence-corrected chi connectivity index (χ2v) is 7.11. The minimum atomic E-state index is 0.503. The fourth-order valence-corrected chi connectivity index (χ4v) is 3.41. The third kappa shape index (κ3) is 3.98. The van der Waals surface area contributed by atoms with Crippen molar-refractivity contribution in [3.05, 3.63) is 79.4 Å². The summed E-state index contributed by atoms with van der Waals surface area (Å²) in [6.45, 7) is 1.16. The predicted molar refractivity (Wildman–Crippen MR) is 121 cm³/mol. The van der Waals surface area contributed by atoms with E-state index >= 15 is 0 Å². The molecule has 0 amide bonds. The topological polar surface area (TPSA) is 76.9 Å². The van der Waals surface area contributed by atoms with E-state index in [0.717, 1.165) is 39.1 Å². The maximum absolute atomic E-state index is 5.97. The van der Waals surface area contributed by atoms with Gasteiger partial charge in [-0.1, -0.05) is 12.1 Å². The molecule has 0 atom stereocenters. The maximum atomic E-state index is 5.97. The van der Waals surface area contributed by atoms with E-state index in [2.05, 4.69) is 19.9 Å². The predicted octanol–water partition coefficient (Wildman–Crippen LogP) is 4.15. The van der Waals surface area contributed by atoms with Gasteiger partial charge < -0.3 is 9.64 Å². The van der Waals surface area contributed by atoms with E-state index in [1.807, 2.05) is 61.6 Å². The SMILES string of the molecule is CN(CCOc1ccc2nccnc2c1)c1nc(-c2cccnc2)nc2ccccc12. The molecule has 3 aromatic heterocycles. The first-order valence-corrected chi connectivity index (χ1v) is 10.00. The van der Waals surface area contributed by atoms with Gasteiger partial charge >= 0.3 is 0 Å². The number of hydrogen-bond acceptors (Lipinski definition) is 7. The summed E-state index contributed by atoms with van der Waals surface area (Å²) in [6.07, 6.45) is 6.89. The van der Waals surface area contributed by atoms with E-state index in [1.165, 1.54) is 0 Å². The molecule has 0 saturated heterocycles. The van der Waals surface area contributed by atoms with E-state index in [4.69, 9.17) is 14.7 Å². The molecule has 0 aliphatic heterocycles. The highest BCUT2D eigenvalue weighted by Gasteiger charge is 2.13. The minimum absolute atomic E-state index is 0.503. The second-order valence-electron chi connectivity index (χ2n) is 7.11. The Bertz CT molecular complexity index is 1340. The van der Waals surface area contributed by atoms with Gasteiger partial charge in [-0.3, -0.25) is 15.0 Å². The van der Waals surface area contributed by atoms with E-state index < -0.39 is 0 Å². The average Bonchev–Trinajstić information content (AvgIpc) is 2.83. The van der Waals surface area contributed by atoms with Crippen LogP contribution in [0.25, 0.3) is 33.3 Å². The zero-order valence-corrected chi connectivity index (χ0v) is 17.0. The van der Waals surface area contributed by atoms with Crippen LogP contribution in [0.1, 0.15) is 0 Å². The molecule has 0 N–H and O–H groups in total. The third-order valence-electron chi connectivity index (χ3n) is 5.00. The van der Waals surface area contributed by atoms with Crippen LogP contribution >= 0.6 is 0 Å². The van der Waals surface area contributed by atoms with Gasteiger partial charge in [0.05, 0.1) is 23.1 Å². The number of aromatic nitrogens is 5. The molecule has 0 bridgehead atoms. The van der Waals surface area contributed by atoms with E-state index in [-0.39, 0.29) is 0 Å². The number of rotatable bonds is 6. The van der Waals surface area contributed by atoms with Crippen molar-refractivity contribution in [2.45, 2.75) is 0 Å². The van der Waals surface area contributed by atoms with Crippen LogP contribution in [0.2, 0.25) is 0 Å². The number of fused-ring (bicyclic) bond motifs is 2. The van der Waals surface area contributed by atoms with Crippen LogP contribution in [0.3, 0.4) is 0 Å². The molecule has 0 aliphatic rings. The highest BCUT2D eigenvalue weighted by molar-refractivity contribution is 5.91. The number of para-hydroxylation sites is 1. The average molecular weight is 408 g/mol. The summed E-state index contributed by atoms with van der Waals surface area (Å²) < 4.78 is 5.97. The summed E-state index contributed by atoms with van der Waals surface area (Å²) in [5.74, 6) is 2.28. The zero-order valence-electron chi connectivity index (χ0n) is 17.0. The Kier molecular flexibility index (Phi) is 5.06. The van der Waals surface area contributed by atoms with Gasteiger partial charge in [0.2, 0.25) is 0 Å². The molecule has 3 heterocycles. The van der Waals surface area contributed by atoms with Gasteiger partial charge in [0.1, 0.15) is 18.2 Å². The van der Waals surface area contributed by atoms with Crippen LogP contribution in [-0.4, -0.2) is 45.1 Å². The molecule has 5 rings (SSSR count). The van der Waals surface area contributed by atoms with E-state index in [1.54, 1.807) is 24.8 Å². The number of ether oxygens (including phenoxy) is 1. The molecule has 2 aromatic carbocycles. The Hall–Kier alpha value is -4.13. The monoisotopic (exact) mass is 408 g/mol. The first-order valence-electron chi connectivity index (χ1n) is 10.00. The van der Waals surface area contributed by atoms with Crippen molar-refractivity contribution in [2.24, 2.45) is 0 Å². The molecule has 0 aliphatic carbocycles. The minimum Gasteiger partial charge on any atom is -0.492 e. The lowest BCUT2D eigenvalue weighted by molar-refractivity contribution is 0.326. The van der Waals surface area contributed by atoms with E-state index in [9.17, 15) is 0 Å². The Labute approximate surface area is 179 Å². The largest absolute Gasteiger partial charge is 0.492 e. The Morgan fingerprint density at radius 2 is 1.71 bits per heavy atom. The lowest BCUT2D eigenvalue weighted by Crippen LogP contribution is -2.25. The van der Waals surface area contributed by atoms with Gasteiger partial charge in [-0.25, -0.2) is 9.97 Å². The number of benzene rings is 2. The lowest BCUT2D eigenvalue weighted by Gasteiger charge is -2.21. The molecule has 7 heteroatoms. The molecule has 0 radical (unpaired) electrons. The molecule has 0 saturated carbocycles. The molecule has 0 spiro atoms. The molecular weight excluding hydrogens is 388 g/mol. The number of nitrogens with zero attached hydrogens (tertiary/aromatic N) is 6. The van der Waals surface area contributed by atoms with Crippen molar-refractivity contribution < 1.29 is 4.74 Å². The van der Waals surface area contributed by atoms with Gasteiger partial charge in [0, 0.05) is 48.9 Å². The molecule has 152 valence electrons. The number of pyridine rings is 1. The molecular formula is C24H20N6O. The Morgan fingerprint density at radius 1 is 0.839 bits per heavy atom. The Balaban J connectivity index is 1.37. The second kappa shape index (κ2) is 8.31. The lowest BCUT2D eigenvalue weighted by atomic mass is 10.2. The van der Waals surface area contributed by atoms with Gasteiger partial charge in [-0.15, -0.1) is 0 Å². The fourth-order valence-electron chi connectivity index (χ4n) is 3.41. The van der Waals surface area contributed by atoms with Crippen molar-refractivity contribution in [3.8, 4) is 17.1 Å². The van der Waals surface area contributed by atoms with Crippen molar-refractivity contribution in [1.29, 1.82) is 0 Å². The summed E-state index contributed by atoms with van der Waals surface area (Å²) in [5.41, 5.74) is 3.45. The van der Waals surface area contributed by atoms with Gasteiger partial charge in [0.25, 0.3) is 0 Å². The van der Waals surface area contributed by atoms with Crippen molar-refractivity contribution in [2.75, 3.05) is 25.1 Å². The van der Waals surface area contributed by atoms with Crippen LogP contribution < -0.4 is 9.64 Å². The van der Waals surface area contributed by atoms with Crippen LogP contribution in [0.15, 0.2) is 79.4 Å². The van der Waals surface area contributed by atoms with Crippen molar-refractivity contribution in [1.82, 2.24) is 24.9 Å². The molecule has 5 aromatic rings. The van der Waals surface area contributed by atoms with Gasteiger partial charge in [-0.2, -0.15) is 0 Å². The van der Waals surface area contributed by atoms with Crippen LogP contribution in [0.5, 0.6) is 5.75 Å². The van der Waals surface area contributed by atoms with Gasteiger partial charge in [-0.05, 0) is 36.4 Å². The summed E-state index contributed by atoms with van der Waals surface area (Å²) in [4.78, 5) is 24.5. The Morgan fingerprint density at radius 3 is 2.58 bits per heavy atom. The number of hydrogen-bond donors (Lipinski definition) is 0. The van der Waals surface area contributed by atoms with Gasteiger partial charge in [0.15, 0.2) is 5.82 Å². The first-order chi connectivity index (χ1) is 15.3. The molecule has 0 fully saturated rings. The van der Waals surface area contributed by atoms with E-state index in [0.29, 0.717) is 19.0 Å². The van der Waals surface area contributed by atoms with Crippen molar-refractivity contribution in [3.63, 3.8) is 0 Å². The zero-order chi connectivity index (χ0) is 21.0. The molecule has 7 nitrogen and oxygen atoms in total. The first kappa shape index (κ1) is 18.9. The summed E-state index contributed by atoms with van der Waals surface area (Å²) in [5, 5.41) is 0.999. The summed E-state index contributed by atoms with van der Waals surface area (Å²) in [6, 6.07) is 17.6. The molecule has 0 unspecified atom stereocenters. The van der Waals surface area contributed by atoms with Crippen LogP contribution in [0, 0.1) is 0 Å². The van der Waals surface area contributed by atoms with Crippen LogP contribution in [0.4, 0.5) is 5.82 Å². The summed E-state index contributed by atoms with van der Waals surface area (Å²) in [7, 11) is 2.01. The van der Waals surface area contributed by atoms with Crippen LogP contribution in [-0.2, 0) is 0 Å². The van der Waals surface area contributed by atoms with Crippen molar-refractivity contribution >= 4 is 27.8 Å². The fraction of sp³-hybridized carbons (Fsp3) is 0.125. The maximum Gasteiger partial charge on any atom is 0.163 e. The quantitative estimate of drug-likeness (QED) is 0.418. The normalized spacial score (nSPS) is 11.0. The number of likely N-dealkylation sites (N-methyl/N-ethyl adjacent to an activating group) is 1. The number of anilines is 1. The standard InChI is InChI=1S/C24H20N6O/c1-30(13-14-31-18-8-9-21-22(15-18)27-12-11-26-21)24-19-6-2-3-7-20(19)28-23(29-24)17-5-4-10-25-16-17/h2-12,15-16H,13-14H2,1H3.